The first-order valence-corrected chi connectivity index (χ1v) is 17.2. The SMILES string of the molecule is CCOC(=O)C1=C(C)N=c2s/c(=C\c3cc(Br)ccc3OCc3cccc4ccccc34)c(=O)n2[C@H]1c1ccc(OC(C)C)c(OC)c1. The summed E-state index contributed by atoms with van der Waals surface area (Å²) in [7, 11) is 1.56. The molecule has 0 fully saturated rings. The highest BCUT2D eigenvalue weighted by Gasteiger charge is 2.34. The van der Waals surface area contributed by atoms with Gasteiger partial charge in [0.15, 0.2) is 16.3 Å². The third-order valence-corrected chi connectivity index (χ3v) is 9.38. The van der Waals surface area contributed by atoms with Crippen molar-refractivity contribution in [1.82, 2.24) is 4.57 Å². The summed E-state index contributed by atoms with van der Waals surface area (Å²) < 4.78 is 26.3. The number of carbonyl (C=O) groups excluding carboxylic acids is 1. The summed E-state index contributed by atoms with van der Waals surface area (Å²) in [6, 6.07) is 24.7. The van der Waals surface area contributed by atoms with E-state index in [2.05, 4.69) is 40.2 Å². The second-order valence-corrected chi connectivity index (χ2v) is 13.4. The van der Waals surface area contributed by atoms with Crippen molar-refractivity contribution in [2.75, 3.05) is 13.7 Å². The first-order chi connectivity index (χ1) is 23.2. The zero-order valence-electron chi connectivity index (χ0n) is 27.3. The molecular formula is C38H35BrN2O6S. The molecule has 246 valence electrons. The Morgan fingerprint density at radius 2 is 1.79 bits per heavy atom. The molecule has 0 amide bonds. The number of esters is 1. The Balaban J connectivity index is 1.45. The zero-order chi connectivity index (χ0) is 33.9. The Morgan fingerprint density at radius 1 is 1.02 bits per heavy atom. The Hall–Kier alpha value is -4.67. The van der Waals surface area contributed by atoms with Crippen LogP contribution in [0.2, 0.25) is 0 Å². The molecule has 1 aromatic heterocycles. The van der Waals surface area contributed by atoms with E-state index >= 15 is 0 Å². The normalized spacial score (nSPS) is 14.6. The molecule has 2 heterocycles. The lowest BCUT2D eigenvalue weighted by Gasteiger charge is -2.25. The molecule has 0 saturated heterocycles. The van der Waals surface area contributed by atoms with Crippen molar-refractivity contribution in [2.45, 2.75) is 46.4 Å². The van der Waals surface area contributed by atoms with Gasteiger partial charge in [-0.25, -0.2) is 9.79 Å². The number of methoxy groups -OCH3 is 1. The van der Waals surface area contributed by atoms with Crippen LogP contribution in [-0.2, 0) is 16.1 Å². The van der Waals surface area contributed by atoms with Crippen molar-refractivity contribution in [1.29, 1.82) is 0 Å². The topological polar surface area (TPSA) is 88.4 Å². The lowest BCUT2D eigenvalue weighted by molar-refractivity contribution is -0.139. The molecule has 4 aromatic carbocycles. The lowest BCUT2D eigenvalue weighted by Crippen LogP contribution is -2.40. The fourth-order valence-electron chi connectivity index (χ4n) is 5.79. The quantitative estimate of drug-likeness (QED) is 0.143. The van der Waals surface area contributed by atoms with Crippen molar-refractivity contribution >= 4 is 50.1 Å². The summed E-state index contributed by atoms with van der Waals surface area (Å²) in [5.41, 5.74) is 2.92. The van der Waals surface area contributed by atoms with E-state index in [0.717, 1.165) is 26.4 Å². The summed E-state index contributed by atoms with van der Waals surface area (Å²) in [4.78, 5) is 32.9. The number of ether oxygens (including phenoxy) is 4. The smallest absolute Gasteiger partial charge is 0.338 e. The predicted octanol–water partition coefficient (Wildman–Crippen LogP) is 7.09. The fraction of sp³-hybridized carbons (Fsp3) is 0.237. The van der Waals surface area contributed by atoms with Crippen LogP contribution in [0.1, 0.15) is 50.4 Å². The van der Waals surface area contributed by atoms with Gasteiger partial charge >= 0.3 is 5.97 Å². The van der Waals surface area contributed by atoms with Gasteiger partial charge in [-0.2, -0.15) is 0 Å². The van der Waals surface area contributed by atoms with Crippen LogP contribution in [0.15, 0.2) is 104 Å². The van der Waals surface area contributed by atoms with Gasteiger partial charge < -0.3 is 18.9 Å². The molecule has 0 saturated carbocycles. The van der Waals surface area contributed by atoms with Gasteiger partial charge in [0.1, 0.15) is 12.4 Å². The van der Waals surface area contributed by atoms with E-state index in [1.165, 1.54) is 11.3 Å². The second kappa shape index (κ2) is 14.2. The van der Waals surface area contributed by atoms with E-state index in [-0.39, 0.29) is 23.8 Å². The molecule has 1 aliphatic rings. The Kier molecular flexibility index (Phi) is 9.84. The number of rotatable bonds is 10. The van der Waals surface area contributed by atoms with Crippen LogP contribution >= 0.6 is 27.3 Å². The number of benzene rings is 4. The molecule has 0 N–H and O–H groups in total. The molecule has 8 nitrogen and oxygen atoms in total. The molecule has 0 bridgehead atoms. The van der Waals surface area contributed by atoms with Crippen molar-refractivity contribution in [2.24, 2.45) is 4.99 Å². The molecule has 48 heavy (non-hydrogen) atoms. The van der Waals surface area contributed by atoms with Gasteiger partial charge in [0.25, 0.3) is 5.56 Å². The average Bonchev–Trinajstić information content (AvgIpc) is 3.37. The van der Waals surface area contributed by atoms with Crippen LogP contribution in [0, 0.1) is 0 Å². The number of thiazole rings is 1. The number of allylic oxidation sites excluding steroid dienone is 1. The van der Waals surface area contributed by atoms with Crippen LogP contribution in [0.3, 0.4) is 0 Å². The zero-order valence-corrected chi connectivity index (χ0v) is 29.7. The summed E-state index contributed by atoms with van der Waals surface area (Å²) >= 11 is 4.83. The lowest BCUT2D eigenvalue weighted by atomic mass is 9.95. The minimum absolute atomic E-state index is 0.0708. The first kappa shape index (κ1) is 33.2. The molecule has 0 unspecified atom stereocenters. The van der Waals surface area contributed by atoms with Gasteiger partial charge in [0.2, 0.25) is 0 Å². The van der Waals surface area contributed by atoms with Crippen LogP contribution in [-0.4, -0.2) is 30.4 Å². The van der Waals surface area contributed by atoms with Gasteiger partial charge in [0, 0.05) is 10.0 Å². The van der Waals surface area contributed by atoms with Crippen molar-refractivity contribution in [3.8, 4) is 17.2 Å². The average molecular weight is 728 g/mol. The Bertz CT molecular complexity index is 2230. The molecule has 0 radical (unpaired) electrons. The Morgan fingerprint density at radius 3 is 2.56 bits per heavy atom. The standard InChI is InChI=1S/C38H35BrN2O6S/c1-6-45-37(43)34-23(4)40-38-41(35(34)25-14-16-31(47-22(2)3)32(19-25)44-5)36(42)33(48-38)20-27-18-28(39)15-17-30(27)46-21-26-12-9-11-24-10-7-8-13-29(24)26/h7-20,22,35H,6,21H2,1-5H3/b33-20-/t35-/m0/s1. The number of nitrogens with zero attached hydrogens (tertiary/aromatic N) is 2. The number of halogens is 1. The van der Waals surface area contributed by atoms with E-state index in [1.54, 1.807) is 37.7 Å². The maximum Gasteiger partial charge on any atom is 0.338 e. The van der Waals surface area contributed by atoms with Crippen molar-refractivity contribution in [3.63, 3.8) is 0 Å². The van der Waals surface area contributed by atoms with Gasteiger partial charge in [-0.3, -0.25) is 9.36 Å². The van der Waals surface area contributed by atoms with Crippen LogP contribution in [0.4, 0.5) is 0 Å². The molecule has 6 rings (SSSR count). The summed E-state index contributed by atoms with van der Waals surface area (Å²) in [5.74, 6) is 1.15. The summed E-state index contributed by atoms with van der Waals surface area (Å²) in [6.45, 7) is 7.91. The van der Waals surface area contributed by atoms with Crippen molar-refractivity contribution < 1.29 is 23.7 Å². The summed E-state index contributed by atoms with van der Waals surface area (Å²) in [5, 5.41) is 2.27. The Labute approximate surface area is 290 Å². The van der Waals surface area contributed by atoms with E-state index in [0.29, 0.717) is 44.4 Å². The van der Waals surface area contributed by atoms with Gasteiger partial charge in [0.05, 0.1) is 41.7 Å². The molecule has 1 atom stereocenters. The number of carbonyl (C=O) groups is 1. The molecule has 5 aromatic rings. The number of fused-ring (bicyclic) bond motifs is 2. The van der Waals surface area contributed by atoms with Gasteiger partial charge in [-0.05, 0) is 86.0 Å². The predicted molar refractivity (Wildman–Crippen MR) is 192 cm³/mol. The van der Waals surface area contributed by atoms with Crippen LogP contribution in [0.25, 0.3) is 16.8 Å². The largest absolute Gasteiger partial charge is 0.493 e. The molecule has 0 aliphatic carbocycles. The van der Waals surface area contributed by atoms with E-state index in [1.807, 2.05) is 62.4 Å². The van der Waals surface area contributed by atoms with E-state index in [4.69, 9.17) is 23.9 Å². The molecular weight excluding hydrogens is 692 g/mol. The minimum atomic E-state index is -0.797. The molecule has 10 heteroatoms. The van der Waals surface area contributed by atoms with Crippen LogP contribution in [0.5, 0.6) is 17.2 Å². The first-order valence-electron chi connectivity index (χ1n) is 15.6. The van der Waals surface area contributed by atoms with Crippen molar-refractivity contribution in [3.05, 3.63) is 131 Å². The van der Waals surface area contributed by atoms with Gasteiger partial charge in [-0.1, -0.05) is 75.8 Å². The number of hydrogen-bond acceptors (Lipinski definition) is 8. The highest BCUT2D eigenvalue weighted by molar-refractivity contribution is 9.10. The highest BCUT2D eigenvalue weighted by Crippen LogP contribution is 2.36. The second-order valence-electron chi connectivity index (χ2n) is 11.5. The van der Waals surface area contributed by atoms with E-state index < -0.39 is 12.0 Å². The van der Waals surface area contributed by atoms with E-state index in [9.17, 15) is 9.59 Å². The molecule has 0 spiro atoms. The summed E-state index contributed by atoms with van der Waals surface area (Å²) in [6.07, 6.45) is 1.74. The highest BCUT2D eigenvalue weighted by atomic mass is 79.9. The molecule has 1 aliphatic heterocycles. The fourth-order valence-corrected chi connectivity index (χ4v) is 7.21. The maximum atomic E-state index is 14.3. The minimum Gasteiger partial charge on any atom is -0.493 e. The van der Waals surface area contributed by atoms with Gasteiger partial charge in [-0.15, -0.1) is 0 Å². The third-order valence-electron chi connectivity index (χ3n) is 7.90. The van der Waals surface area contributed by atoms with Crippen LogP contribution < -0.4 is 29.1 Å². The third kappa shape index (κ3) is 6.68. The number of aromatic nitrogens is 1. The number of hydrogen-bond donors (Lipinski definition) is 0. The maximum absolute atomic E-state index is 14.3. The monoisotopic (exact) mass is 726 g/mol.